The van der Waals surface area contributed by atoms with Crippen molar-refractivity contribution >= 4 is 0 Å². The van der Waals surface area contributed by atoms with Crippen molar-refractivity contribution in [3.8, 4) is 17.8 Å². The van der Waals surface area contributed by atoms with Crippen LogP contribution in [-0.4, -0.2) is 81.2 Å². The van der Waals surface area contributed by atoms with Gasteiger partial charge in [0, 0.05) is 32.5 Å². The number of benzene rings is 2. The summed E-state index contributed by atoms with van der Waals surface area (Å²) in [4.78, 5) is 0. The van der Waals surface area contributed by atoms with Crippen LogP contribution >= 0.6 is 0 Å². The molecule has 0 aromatic heterocycles. The van der Waals surface area contributed by atoms with Crippen molar-refractivity contribution < 1.29 is 44.5 Å². The third-order valence-electron chi connectivity index (χ3n) is 9.00. The van der Waals surface area contributed by atoms with Gasteiger partial charge in [-0.3, -0.25) is 0 Å². The zero-order chi connectivity index (χ0) is 31.8. The van der Waals surface area contributed by atoms with Crippen LogP contribution in [0, 0.1) is 23.9 Å². The van der Waals surface area contributed by atoms with E-state index in [1.807, 2.05) is 54.6 Å². The maximum absolute atomic E-state index is 12.1. The van der Waals surface area contributed by atoms with Crippen molar-refractivity contribution in [3.63, 3.8) is 0 Å². The van der Waals surface area contributed by atoms with E-state index in [1.54, 1.807) is 12.1 Å². The smallest absolute Gasteiger partial charge is 0.243 e. The molecule has 9 atom stereocenters. The fraction of sp³-hybridized carbons (Fsp3) is 0.500. The molecule has 3 bridgehead atoms. The quantitative estimate of drug-likeness (QED) is 0.190. The molecule has 2 aromatic rings. The summed E-state index contributed by atoms with van der Waals surface area (Å²) in [5, 5.41) is 54.9. The first-order chi connectivity index (χ1) is 21.9. The molecule has 9 heteroatoms. The van der Waals surface area contributed by atoms with Crippen LogP contribution in [0.2, 0.25) is 0 Å². The molecule has 0 radical (unpaired) electrons. The number of rotatable bonds is 11. The molecular weight excluding hydrogens is 576 g/mol. The lowest BCUT2D eigenvalue weighted by molar-refractivity contribution is -0.336. The SMILES string of the molecule is C=CCc1ccc(OC2OC3C(CCCO)OC#CCC(O)C4CC2(OC(Cc2ccccc2)=CC4CCO)C(O)C3O)cc1. The summed E-state index contributed by atoms with van der Waals surface area (Å²) in [5.74, 6) is 2.97. The second kappa shape index (κ2) is 15.3. The maximum Gasteiger partial charge on any atom is 0.243 e. The summed E-state index contributed by atoms with van der Waals surface area (Å²) in [6.45, 7) is 3.56. The minimum absolute atomic E-state index is 0.0433. The molecule has 45 heavy (non-hydrogen) atoms. The van der Waals surface area contributed by atoms with Gasteiger partial charge >= 0.3 is 0 Å². The number of aliphatic hydroxyl groups excluding tert-OH is 5. The summed E-state index contributed by atoms with van der Waals surface area (Å²) >= 11 is 0. The van der Waals surface area contributed by atoms with Crippen LogP contribution in [0.4, 0.5) is 0 Å². The van der Waals surface area contributed by atoms with Gasteiger partial charge in [0.2, 0.25) is 6.29 Å². The molecule has 9 unspecified atom stereocenters. The van der Waals surface area contributed by atoms with E-state index in [0.29, 0.717) is 43.6 Å². The Morgan fingerprint density at radius 1 is 0.978 bits per heavy atom. The summed E-state index contributed by atoms with van der Waals surface area (Å²) in [7, 11) is 0. The zero-order valence-corrected chi connectivity index (χ0v) is 25.4. The molecular formula is C36H44O9. The van der Waals surface area contributed by atoms with E-state index in [-0.39, 0.29) is 32.0 Å². The number of hydrogen-bond acceptors (Lipinski definition) is 9. The first-order valence-corrected chi connectivity index (χ1v) is 15.7. The van der Waals surface area contributed by atoms with Crippen LogP contribution in [0.1, 0.15) is 43.2 Å². The van der Waals surface area contributed by atoms with E-state index >= 15 is 0 Å². The van der Waals surface area contributed by atoms with Gasteiger partial charge in [0.1, 0.15) is 36.3 Å². The number of aliphatic hydroxyl groups is 5. The van der Waals surface area contributed by atoms with E-state index in [1.165, 1.54) is 0 Å². The summed E-state index contributed by atoms with van der Waals surface area (Å²) < 4.78 is 25.7. The van der Waals surface area contributed by atoms with Crippen LogP contribution in [-0.2, 0) is 27.1 Å². The molecule has 242 valence electrons. The average molecular weight is 621 g/mol. The molecule has 4 heterocycles. The lowest BCUT2D eigenvalue weighted by Gasteiger charge is -2.52. The van der Waals surface area contributed by atoms with Gasteiger partial charge in [0.15, 0.2) is 5.60 Å². The van der Waals surface area contributed by atoms with Crippen LogP contribution in [0.15, 0.2) is 79.1 Å². The van der Waals surface area contributed by atoms with E-state index in [0.717, 1.165) is 11.1 Å². The lowest BCUT2D eigenvalue weighted by Crippen LogP contribution is -2.70. The molecule has 0 amide bonds. The van der Waals surface area contributed by atoms with E-state index in [9.17, 15) is 25.5 Å². The predicted molar refractivity (Wildman–Crippen MR) is 167 cm³/mol. The zero-order valence-electron chi connectivity index (χ0n) is 25.4. The predicted octanol–water partition coefficient (Wildman–Crippen LogP) is 3.02. The summed E-state index contributed by atoms with van der Waals surface area (Å²) in [5.41, 5.74) is 0.333. The highest BCUT2D eigenvalue weighted by Gasteiger charge is 2.63. The Balaban J connectivity index is 1.63. The monoisotopic (exact) mass is 620 g/mol. The Bertz CT molecular complexity index is 1330. The van der Waals surface area contributed by atoms with Crippen LogP contribution in [0.3, 0.4) is 0 Å². The number of ether oxygens (including phenoxy) is 4. The van der Waals surface area contributed by atoms with Gasteiger partial charge < -0.3 is 44.5 Å². The lowest BCUT2D eigenvalue weighted by atomic mass is 9.72. The molecule has 4 aliphatic rings. The first-order valence-electron chi connectivity index (χ1n) is 15.7. The van der Waals surface area contributed by atoms with Crippen LogP contribution in [0.5, 0.6) is 5.75 Å². The van der Waals surface area contributed by atoms with Gasteiger partial charge in [-0.15, -0.1) is 6.58 Å². The fourth-order valence-corrected chi connectivity index (χ4v) is 6.66. The number of allylic oxidation sites excluding steroid dienone is 3. The normalized spacial score (nSPS) is 32.7. The molecule has 6 rings (SSSR count). The highest BCUT2D eigenvalue weighted by molar-refractivity contribution is 5.29. The van der Waals surface area contributed by atoms with Crippen LogP contribution < -0.4 is 4.74 Å². The Labute approximate surface area is 264 Å². The van der Waals surface area contributed by atoms with Gasteiger partial charge in [0.05, 0.1) is 11.9 Å². The third-order valence-corrected chi connectivity index (χ3v) is 9.00. The minimum atomic E-state index is -1.67. The second-order valence-corrected chi connectivity index (χ2v) is 12.1. The standard InChI is InChI=1S/C36H44O9/c1-2-8-24-13-15-27(16-14-24)43-35-36-23-29(26(17-19-38)22-28(45-36)21-25-9-4-3-5-10-25)30(39)11-7-20-42-31(12-6-18-37)33(44-35)32(40)34(36)41/h2-5,9-10,13-16,22,26,29-35,37-41H,1,6,8,11-12,17-19,21,23H2. The molecule has 4 aliphatic heterocycles. The average Bonchev–Trinajstić information content (AvgIpc) is 3.20. The van der Waals surface area contributed by atoms with Crippen molar-refractivity contribution in [2.75, 3.05) is 13.2 Å². The molecule has 5 N–H and O–H groups in total. The van der Waals surface area contributed by atoms with Gasteiger partial charge in [-0.05, 0) is 66.9 Å². The molecule has 1 fully saturated rings. The number of fused-ring (bicyclic) bond motifs is 6. The Hall–Kier alpha value is -3.36. The van der Waals surface area contributed by atoms with Gasteiger partial charge in [-0.2, -0.15) is 0 Å². The van der Waals surface area contributed by atoms with E-state index < -0.39 is 48.3 Å². The highest BCUT2D eigenvalue weighted by atomic mass is 16.7. The molecule has 0 aliphatic carbocycles. The largest absolute Gasteiger partial charge is 0.482 e. The van der Waals surface area contributed by atoms with Gasteiger partial charge in [0.25, 0.3) is 0 Å². The Morgan fingerprint density at radius 2 is 1.76 bits per heavy atom. The minimum Gasteiger partial charge on any atom is -0.482 e. The molecule has 0 saturated carbocycles. The summed E-state index contributed by atoms with van der Waals surface area (Å²) in [6, 6.07) is 17.1. The van der Waals surface area contributed by atoms with Crippen LogP contribution in [0.25, 0.3) is 0 Å². The van der Waals surface area contributed by atoms with Crippen molar-refractivity contribution in [3.05, 3.63) is 90.2 Å². The highest BCUT2D eigenvalue weighted by Crippen LogP contribution is 2.47. The van der Waals surface area contributed by atoms with Crippen molar-refractivity contribution in [2.45, 2.75) is 87.4 Å². The van der Waals surface area contributed by atoms with Crippen molar-refractivity contribution in [1.82, 2.24) is 0 Å². The van der Waals surface area contributed by atoms with Crippen molar-refractivity contribution in [1.29, 1.82) is 0 Å². The van der Waals surface area contributed by atoms with Gasteiger partial charge in [-0.25, -0.2) is 0 Å². The van der Waals surface area contributed by atoms with E-state index in [2.05, 4.69) is 18.6 Å². The Morgan fingerprint density at radius 3 is 2.47 bits per heavy atom. The van der Waals surface area contributed by atoms with E-state index in [4.69, 9.17) is 18.9 Å². The van der Waals surface area contributed by atoms with Crippen molar-refractivity contribution in [2.24, 2.45) is 11.8 Å². The molecule has 1 saturated heterocycles. The maximum atomic E-state index is 12.1. The number of hydrogen-bond donors (Lipinski definition) is 5. The fourth-order valence-electron chi connectivity index (χ4n) is 6.66. The van der Waals surface area contributed by atoms with Gasteiger partial charge in [-0.1, -0.05) is 54.5 Å². The Kier molecular flexibility index (Phi) is 11.2. The topological polar surface area (TPSA) is 138 Å². The molecule has 1 spiro atoms. The summed E-state index contributed by atoms with van der Waals surface area (Å²) in [6.07, 6.45) is 1.41. The second-order valence-electron chi connectivity index (χ2n) is 12.1. The third kappa shape index (κ3) is 7.55. The molecule has 9 nitrogen and oxygen atoms in total. The molecule has 2 aromatic carbocycles. The first kappa shape index (κ1) is 33.0.